The van der Waals surface area contributed by atoms with E-state index in [0.717, 1.165) is 18.7 Å². The van der Waals surface area contributed by atoms with Gasteiger partial charge in [-0.1, -0.05) is 6.07 Å². The molecule has 8 nitrogen and oxygen atoms in total. The zero-order valence-corrected chi connectivity index (χ0v) is 16.0. The number of pyridine rings is 1. The third kappa shape index (κ3) is 5.24. The van der Waals surface area contributed by atoms with Gasteiger partial charge in [-0.25, -0.2) is 0 Å². The molecule has 1 aromatic rings. The van der Waals surface area contributed by atoms with Crippen LogP contribution in [0.15, 0.2) is 24.5 Å². The normalized spacial score (nSPS) is 20.3. The lowest BCUT2D eigenvalue weighted by atomic mass is 10.0. The molecule has 1 aromatic heterocycles. The van der Waals surface area contributed by atoms with E-state index in [1.54, 1.807) is 12.4 Å². The molecule has 0 radical (unpaired) electrons. The number of rotatable bonds is 6. The van der Waals surface area contributed by atoms with Crippen molar-refractivity contribution in [2.75, 3.05) is 65.6 Å². The van der Waals surface area contributed by atoms with Crippen molar-refractivity contribution in [2.45, 2.75) is 13.0 Å². The molecule has 148 valence electrons. The van der Waals surface area contributed by atoms with Crippen LogP contribution in [0.25, 0.3) is 0 Å². The molecule has 0 aliphatic carbocycles. The summed E-state index contributed by atoms with van der Waals surface area (Å²) in [6.45, 7) is 8.42. The minimum absolute atomic E-state index is 0.0406. The maximum atomic E-state index is 13.3. The average molecular weight is 375 g/mol. The highest BCUT2D eigenvalue weighted by atomic mass is 16.5. The number of nitrogens with zero attached hydrogens (tertiary/aromatic N) is 4. The zero-order valence-electron chi connectivity index (χ0n) is 16.0. The van der Waals surface area contributed by atoms with Crippen LogP contribution in [-0.4, -0.2) is 97.1 Å². The van der Waals surface area contributed by atoms with Gasteiger partial charge in [0.05, 0.1) is 19.8 Å². The van der Waals surface area contributed by atoms with Gasteiger partial charge in [-0.05, 0) is 18.6 Å². The van der Waals surface area contributed by atoms with Crippen molar-refractivity contribution < 1.29 is 14.3 Å². The Morgan fingerprint density at radius 3 is 2.56 bits per heavy atom. The highest BCUT2D eigenvalue weighted by molar-refractivity contribution is 5.83. The number of morpholine rings is 1. The summed E-state index contributed by atoms with van der Waals surface area (Å²) in [5.41, 5.74) is 0.925. The minimum atomic E-state index is -0.322. The highest BCUT2D eigenvalue weighted by Crippen LogP contribution is 2.24. The van der Waals surface area contributed by atoms with Crippen molar-refractivity contribution in [3.8, 4) is 0 Å². The van der Waals surface area contributed by atoms with Gasteiger partial charge in [0.1, 0.15) is 6.04 Å². The van der Waals surface area contributed by atoms with E-state index in [2.05, 4.69) is 20.1 Å². The van der Waals surface area contributed by atoms with E-state index in [1.807, 2.05) is 24.0 Å². The quantitative estimate of drug-likeness (QED) is 0.738. The number of nitrogens with one attached hydrogen (secondary N) is 1. The molecule has 1 unspecified atom stereocenters. The second-order valence-corrected chi connectivity index (χ2v) is 6.89. The van der Waals surface area contributed by atoms with E-state index < -0.39 is 0 Å². The number of likely N-dealkylation sites (N-methyl/N-ethyl adjacent to an activating group) is 1. The number of hydrogen-bond donors (Lipinski definition) is 1. The Balaban J connectivity index is 1.64. The van der Waals surface area contributed by atoms with E-state index in [4.69, 9.17) is 4.74 Å². The summed E-state index contributed by atoms with van der Waals surface area (Å²) in [5, 5.41) is 2.82. The van der Waals surface area contributed by atoms with Crippen molar-refractivity contribution in [1.82, 2.24) is 25.0 Å². The Labute approximate surface area is 160 Å². The zero-order chi connectivity index (χ0) is 19.1. The van der Waals surface area contributed by atoms with Crippen molar-refractivity contribution in [3.05, 3.63) is 30.1 Å². The standard InChI is InChI=1S/C19H29N5O3/c1-2-21-17(25)15-22-6-8-24(9-7-22)19(26)18(16-4-3-5-20-14-16)23-10-12-27-13-11-23/h3-5,14,18H,2,6-13,15H2,1H3,(H,21,25). The number of carbonyl (C=O) groups is 2. The molecule has 0 bridgehead atoms. The second-order valence-electron chi connectivity index (χ2n) is 6.89. The molecule has 0 spiro atoms. The van der Waals surface area contributed by atoms with E-state index in [0.29, 0.717) is 52.5 Å². The lowest BCUT2D eigenvalue weighted by molar-refractivity contribution is -0.141. The van der Waals surface area contributed by atoms with Crippen LogP contribution in [0.5, 0.6) is 0 Å². The first kappa shape index (κ1) is 19.7. The highest BCUT2D eigenvalue weighted by Gasteiger charge is 2.34. The largest absolute Gasteiger partial charge is 0.379 e. The summed E-state index contributed by atoms with van der Waals surface area (Å²) in [4.78, 5) is 35.5. The Morgan fingerprint density at radius 1 is 1.19 bits per heavy atom. The third-order valence-electron chi connectivity index (χ3n) is 5.07. The molecule has 2 amide bonds. The number of carbonyl (C=O) groups excluding carboxylic acids is 2. The van der Waals surface area contributed by atoms with Gasteiger partial charge in [0, 0.05) is 58.2 Å². The van der Waals surface area contributed by atoms with E-state index in [1.165, 1.54) is 0 Å². The van der Waals surface area contributed by atoms with Crippen LogP contribution in [0.4, 0.5) is 0 Å². The summed E-state index contributed by atoms with van der Waals surface area (Å²) in [7, 11) is 0. The van der Waals surface area contributed by atoms with Gasteiger partial charge in [-0.2, -0.15) is 0 Å². The van der Waals surface area contributed by atoms with Crippen molar-refractivity contribution in [3.63, 3.8) is 0 Å². The summed E-state index contributed by atoms with van der Waals surface area (Å²) in [6, 6.07) is 3.52. The maximum absolute atomic E-state index is 13.3. The van der Waals surface area contributed by atoms with Crippen molar-refractivity contribution in [1.29, 1.82) is 0 Å². The molecular weight excluding hydrogens is 346 g/mol. The Kier molecular flexibility index (Phi) is 7.14. The second kappa shape index (κ2) is 9.77. The summed E-state index contributed by atoms with van der Waals surface area (Å²) < 4.78 is 5.46. The SMILES string of the molecule is CCNC(=O)CN1CCN(C(=O)C(c2cccnc2)N2CCOCC2)CC1. The summed E-state index contributed by atoms with van der Waals surface area (Å²) in [5.74, 6) is 0.154. The number of hydrogen-bond acceptors (Lipinski definition) is 6. The lowest BCUT2D eigenvalue weighted by Crippen LogP contribution is -2.54. The van der Waals surface area contributed by atoms with Crippen LogP contribution in [-0.2, 0) is 14.3 Å². The van der Waals surface area contributed by atoms with Gasteiger partial charge in [-0.3, -0.25) is 24.4 Å². The molecule has 8 heteroatoms. The van der Waals surface area contributed by atoms with Gasteiger partial charge in [-0.15, -0.1) is 0 Å². The topological polar surface area (TPSA) is 78.0 Å². The molecule has 2 saturated heterocycles. The van der Waals surface area contributed by atoms with Crippen LogP contribution < -0.4 is 5.32 Å². The maximum Gasteiger partial charge on any atom is 0.244 e. The first-order chi connectivity index (χ1) is 13.2. The van der Waals surface area contributed by atoms with Crippen LogP contribution in [0.2, 0.25) is 0 Å². The van der Waals surface area contributed by atoms with E-state index in [9.17, 15) is 9.59 Å². The summed E-state index contributed by atoms with van der Waals surface area (Å²) >= 11 is 0. The lowest BCUT2D eigenvalue weighted by Gasteiger charge is -2.40. The molecule has 3 heterocycles. The molecule has 2 fully saturated rings. The number of ether oxygens (including phenoxy) is 1. The number of amides is 2. The predicted molar refractivity (Wildman–Crippen MR) is 101 cm³/mol. The molecule has 0 aromatic carbocycles. The van der Waals surface area contributed by atoms with E-state index in [-0.39, 0.29) is 17.9 Å². The Bertz CT molecular complexity index is 613. The van der Waals surface area contributed by atoms with Gasteiger partial charge in [0.25, 0.3) is 0 Å². The van der Waals surface area contributed by atoms with Gasteiger partial charge in [0.2, 0.25) is 11.8 Å². The van der Waals surface area contributed by atoms with Crippen LogP contribution in [0.1, 0.15) is 18.5 Å². The van der Waals surface area contributed by atoms with Crippen LogP contribution in [0.3, 0.4) is 0 Å². The van der Waals surface area contributed by atoms with Crippen molar-refractivity contribution >= 4 is 11.8 Å². The Morgan fingerprint density at radius 2 is 1.93 bits per heavy atom. The molecule has 27 heavy (non-hydrogen) atoms. The van der Waals surface area contributed by atoms with Crippen LogP contribution >= 0.6 is 0 Å². The van der Waals surface area contributed by atoms with E-state index >= 15 is 0 Å². The third-order valence-corrected chi connectivity index (χ3v) is 5.07. The number of piperazine rings is 1. The smallest absolute Gasteiger partial charge is 0.244 e. The van der Waals surface area contributed by atoms with Crippen LogP contribution in [0, 0.1) is 0 Å². The molecule has 0 saturated carbocycles. The number of aromatic nitrogens is 1. The first-order valence-electron chi connectivity index (χ1n) is 9.68. The van der Waals surface area contributed by atoms with Gasteiger partial charge < -0.3 is 15.0 Å². The van der Waals surface area contributed by atoms with Crippen molar-refractivity contribution in [2.24, 2.45) is 0 Å². The molecule has 2 aliphatic rings. The molecule has 1 atom stereocenters. The van der Waals surface area contributed by atoms with Gasteiger partial charge in [0.15, 0.2) is 0 Å². The molecule has 2 aliphatic heterocycles. The molecule has 3 rings (SSSR count). The average Bonchev–Trinajstić information content (AvgIpc) is 2.70. The fourth-order valence-electron chi connectivity index (χ4n) is 3.64. The predicted octanol–water partition coefficient (Wildman–Crippen LogP) is -0.265. The monoisotopic (exact) mass is 375 g/mol. The Hall–Kier alpha value is -2.03. The van der Waals surface area contributed by atoms with Gasteiger partial charge >= 0.3 is 0 Å². The summed E-state index contributed by atoms with van der Waals surface area (Å²) in [6.07, 6.45) is 3.51. The molecule has 1 N–H and O–H groups in total. The molecular formula is C19H29N5O3. The fourth-order valence-corrected chi connectivity index (χ4v) is 3.64. The minimum Gasteiger partial charge on any atom is -0.379 e. The fraction of sp³-hybridized carbons (Fsp3) is 0.632. The first-order valence-corrected chi connectivity index (χ1v) is 9.68.